The van der Waals surface area contributed by atoms with E-state index in [-0.39, 0.29) is 5.78 Å². The SMILES string of the molecule is O=C1/C(=C/c2cccc(Cl)c2)Oc2c1ccc1c2CN(Cc2ccncc2)CO1. The summed E-state index contributed by atoms with van der Waals surface area (Å²) < 4.78 is 11.9. The molecule has 0 spiro atoms. The van der Waals surface area contributed by atoms with Crippen molar-refractivity contribution < 1.29 is 14.3 Å². The van der Waals surface area contributed by atoms with Crippen LogP contribution < -0.4 is 9.47 Å². The number of Topliss-reactive ketones (excluding diaryl/α,β-unsaturated/α-hetero) is 1. The van der Waals surface area contributed by atoms with Gasteiger partial charge in [0.05, 0.1) is 11.1 Å². The number of hydrogen-bond donors (Lipinski definition) is 0. The number of rotatable bonds is 3. The minimum atomic E-state index is -0.131. The first-order valence-corrected chi connectivity index (χ1v) is 9.65. The van der Waals surface area contributed by atoms with E-state index in [0.717, 1.165) is 29.0 Å². The maximum atomic E-state index is 12.9. The molecule has 0 radical (unpaired) electrons. The van der Waals surface area contributed by atoms with Gasteiger partial charge in [-0.1, -0.05) is 23.7 Å². The molecule has 5 rings (SSSR count). The lowest BCUT2D eigenvalue weighted by Crippen LogP contribution is -2.31. The van der Waals surface area contributed by atoms with Crippen LogP contribution in [0, 0.1) is 0 Å². The Labute approximate surface area is 173 Å². The first kappa shape index (κ1) is 17.9. The van der Waals surface area contributed by atoms with Crippen LogP contribution in [0.3, 0.4) is 0 Å². The third kappa shape index (κ3) is 3.50. The summed E-state index contributed by atoms with van der Waals surface area (Å²) in [5.74, 6) is 1.50. The Morgan fingerprint density at radius 3 is 2.83 bits per heavy atom. The van der Waals surface area contributed by atoms with Gasteiger partial charge in [0, 0.05) is 30.5 Å². The van der Waals surface area contributed by atoms with E-state index in [1.807, 2.05) is 30.3 Å². The van der Waals surface area contributed by atoms with Crippen LogP contribution >= 0.6 is 11.6 Å². The fraction of sp³-hybridized carbons (Fsp3) is 0.130. The number of fused-ring (bicyclic) bond motifs is 3. The van der Waals surface area contributed by atoms with Gasteiger partial charge in [-0.3, -0.25) is 14.7 Å². The molecule has 2 aliphatic rings. The second kappa shape index (κ2) is 7.35. The van der Waals surface area contributed by atoms with Gasteiger partial charge in [0.25, 0.3) is 0 Å². The number of allylic oxidation sites excluding steroid dienone is 1. The van der Waals surface area contributed by atoms with Crippen molar-refractivity contribution in [3.63, 3.8) is 0 Å². The Morgan fingerprint density at radius 1 is 1.14 bits per heavy atom. The van der Waals surface area contributed by atoms with Gasteiger partial charge in [0.15, 0.2) is 5.76 Å². The van der Waals surface area contributed by atoms with E-state index in [9.17, 15) is 4.79 Å². The molecule has 0 atom stereocenters. The first-order valence-electron chi connectivity index (χ1n) is 9.27. The van der Waals surface area contributed by atoms with Gasteiger partial charge in [0.2, 0.25) is 5.78 Å². The van der Waals surface area contributed by atoms with Gasteiger partial charge < -0.3 is 9.47 Å². The molecule has 1 aromatic heterocycles. The van der Waals surface area contributed by atoms with E-state index in [4.69, 9.17) is 21.1 Å². The fourth-order valence-electron chi connectivity index (χ4n) is 3.60. The minimum absolute atomic E-state index is 0.131. The lowest BCUT2D eigenvalue weighted by molar-refractivity contribution is 0.0872. The topological polar surface area (TPSA) is 51.7 Å². The maximum absolute atomic E-state index is 12.9. The van der Waals surface area contributed by atoms with E-state index in [2.05, 4.69) is 9.88 Å². The highest BCUT2D eigenvalue weighted by Crippen LogP contribution is 2.42. The lowest BCUT2D eigenvalue weighted by Gasteiger charge is -2.29. The normalized spacial score (nSPS) is 16.9. The summed E-state index contributed by atoms with van der Waals surface area (Å²) in [5, 5.41) is 0.611. The summed E-state index contributed by atoms with van der Waals surface area (Å²) in [6.45, 7) is 1.84. The third-order valence-corrected chi connectivity index (χ3v) is 5.22. The highest BCUT2D eigenvalue weighted by atomic mass is 35.5. The largest absolute Gasteiger partial charge is 0.478 e. The van der Waals surface area contributed by atoms with Crippen molar-refractivity contribution >= 4 is 23.5 Å². The molecule has 0 saturated heterocycles. The summed E-state index contributed by atoms with van der Waals surface area (Å²) in [7, 11) is 0. The first-order chi connectivity index (χ1) is 14.2. The van der Waals surface area contributed by atoms with Crippen molar-refractivity contribution in [2.24, 2.45) is 0 Å². The number of ketones is 1. The summed E-state index contributed by atoms with van der Waals surface area (Å²) >= 11 is 6.05. The van der Waals surface area contributed by atoms with Gasteiger partial charge in [-0.2, -0.15) is 0 Å². The van der Waals surface area contributed by atoms with E-state index in [1.165, 1.54) is 0 Å². The van der Waals surface area contributed by atoms with Crippen LogP contribution in [0.5, 0.6) is 11.5 Å². The molecule has 0 fully saturated rings. The van der Waals surface area contributed by atoms with Gasteiger partial charge >= 0.3 is 0 Å². The van der Waals surface area contributed by atoms with Crippen molar-refractivity contribution in [2.45, 2.75) is 13.1 Å². The molecule has 3 aromatic rings. The van der Waals surface area contributed by atoms with Gasteiger partial charge in [-0.05, 0) is 53.6 Å². The van der Waals surface area contributed by atoms with Crippen molar-refractivity contribution in [3.05, 3.63) is 94.0 Å². The molecule has 0 aliphatic carbocycles. The maximum Gasteiger partial charge on any atom is 0.231 e. The lowest BCUT2D eigenvalue weighted by atomic mass is 10.0. The van der Waals surface area contributed by atoms with Crippen LogP contribution in [-0.2, 0) is 13.1 Å². The second-order valence-corrected chi connectivity index (χ2v) is 7.47. The molecule has 2 aliphatic heterocycles. The Kier molecular flexibility index (Phi) is 4.54. The molecule has 29 heavy (non-hydrogen) atoms. The average Bonchev–Trinajstić information content (AvgIpc) is 3.05. The van der Waals surface area contributed by atoms with Crippen LogP contribution in [0.2, 0.25) is 5.02 Å². The van der Waals surface area contributed by atoms with E-state index >= 15 is 0 Å². The van der Waals surface area contributed by atoms with Crippen LogP contribution in [-0.4, -0.2) is 22.4 Å². The molecular formula is C23H17ClN2O3. The van der Waals surface area contributed by atoms with Gasteiger partial charge in [0.1, 0.15) is 18.2 Å². The Hall–Kier alpha value is -3.15. The number of hydrogen-bond acceptors (Lipinski definition) is 5. The number of benzene rings is 2. The predicted octanol–water partition coefficient (Wildman–Crippen LogP) is 4.70. The zero-order valence-corrected chi connectivity index (χ0v) is 16.2. The number of halogens is 1. The molecule has 6 heteroatoms. The second-order valence-electron chi connectivity index (χ2n) is 7.03. The summed E-state index contributed by atoms with van der Waals surface area (Å²) in [4.78, 5) is 19.1. The molecule has 5 nitrogen and oxygen atoms in total. The number of aromatic nitrogens is 1. The fourth-order valence-corrected chi connectivity index (χ4v) is 3.80. The molecule has 144 valence electrons. The quantitative estimate of drug-likeness (QED) is 0.592. The standard InChI is InChI=1S/C23H17ClN2O3/c24-17-3-1-2-16(10-17)11-21-22(27)18-4-5-20-19(23(18)29-21)13-26(14-28-20)12-15-6-8-25-9-7-15/h1-11H,12-14H2/b21-11-. The Bertz CT molecular complexity index is 1130. The van der Waals surface area contributed by atoms with E-state index in [0.29, 0.717) is 35.4 Å². The van der Waals surface area contributed by atoms with Crippen molar-refractivity contribution in [3.8, 4) is 11.5 Å². The van der Waals surface area contributed by atoms with Crippen LogP contribution in [0.4, 0.5) is 0 Å². The van der Waals surface area contributed by atoms with E-state index < -0.39 is 0 Å². The van der Waals surface area contributed by atoms with Crippen molar-refractivity contribution in [1.82, 2.24) is 9.88 Å². The van der Waals surface area contributed by atoms with Crippen molar-refractivity contribution in [1.29, 1.82) is 0 Å². The average molecular weight is 405 g/mol. The number of carbonyl (C=O) groups excluding carboxylic acids is 1. The predicted molar refractivity (Wildman–Crippen MR) is 110 cm³/mol. The highest BCUT2D eigenvalue weighted by Gasteiger charge is 2.33. The highest BCUT2D eigenvalue weighted by molar-refractivity contribution is 6.30. The van der Waals surface area contributed by atoms with E-state index in [1.54, 1.807) is 36.7 Å². The van der Waals surface area contributed by atoms with Crippen molar-refractivity contribution in [2.75, 3.05) is 6.73 Å². The minimum Gasteiger partial charge on any atom is -0.478 e. The summed E-state index contributed by atoms with van der Waals surface area (Å²) in [6, 6.07) is 14.9. The molecule has 0 saturated carbocycles. The Balaban J connectivity index is 1.44. The van der Waals surface area contributed by atoms with Crippen LogP contribution in [0.1, 0.15) is 27.0 Å². The van der Waals surface area contributed by atoms with Crippen LogP contribution in [0.25, 0.3) is 6.08 Å². The molecule has 0 bridgehead atoms. The zero-order chi connectivity index (χ0) is 19.8. The molecule has 0 N–H and O–H groups in total. The zero-order valence-electron chi connectivity index (χ0n) is 15.5. The van der Waals surface area contributed by atoms with Crippen LogP contribution in [0.15, 0.2) is 66.7 Å². The monoisotopic (exact) mass is 404 g/mol. The molecular weight excluding hydrogens is 388 g/mol. The molecule has 2 aromatic carbocycles. The summed E-state index contributed by atoms with van der Waals surface area (Å²) in [5.41, 5.74) is 3.42. The summed E-state index contributed by atoms with van der Waals surface area (Å²) in [6.07, 6.45) is 5.28. The molecule has 0 unspecified atom stereocenters. The molecule has 3 heterocycles. The van der Waals surface area contributed by atoms with Gasteiger partial charge in [-0.25, -0.2) is 0 Å². The number of pyridine rings is 1. The number of carbonyl (C=O) groups is 1. The smallest absolute Gasteiger partial charge is 0.231 e. The third-order valence-electron chi connectivity index (χ3n) is 4.98. The Morgan fingerprint density at radius 2 is 2.00 bits per heavy atom. The van der Waals surface area contributed by atoms with Gasteiger partial charge in [-0.15, -0.1) is 0 Å². The molecule has 0 amide bonds. The number of ether oxygens (including phenoxy) is 2. The number of nitrogens with zero attached hydrogens (tertiary/aromatic N) is 2.